The Morgan fingerprint density at radius 3 is 2.47 bits per heavy atom. The number of nitrogens with zero attached hydrogens (tertiary/aromatic N) is 4. The van der Waals surface area contributed by atoms with Crippen LogP contribution >= 0.6 is 0 Å². The molecule has 1 atom stereocenters. The molecule has 11 nitrogen and oxygen atoms in total. The molecular formula is C26H30FN7O4. The molecule has 0 saturated carbocycles. The zero-order valence-corrected chi connectivity index (χ0v) is 21.4. The van der Waals surface area contributed by atoms with Gasteiger partial charge in [0.1, 0.15) is 22.9 Å². The number of carbonyl (C=O) groups excluding carboxylic acids is 3. The first-order chi connectivity index (χ1) is 17.9. The number of primary amides is 1. The maximum absolute atomic E-state index is 13.4. The highest BCUT2D eigenvalue weighted by molar-refractivity contribution is 6.04. The molecule has 4 rings (SSSR count). The van der Waals surface area contributed by atoms with Gasteiger partial charge in [-0.2, -0.15) is 0 Å². The molecule has 1 saturated heterocycles. The fraction of sp³-hybridized carbons (Fsp3) is 0.346. The van der Waals surface area contributed by atoms with E-state index in [0.717, 1.165) is 23.6 Å². The Morgan fingerprint density at radius 2 is 1.84 bits per heavy atom. The highest BCUT2D eigenvalue weighted by atomic mass is 19.1. The molecule has 0 radical (unpaired) electrons. The SMILES string of the molecule is CC(C)(C)OC(=O)N1CCCCC1c1nc(-c2ccc(C(=O)Nc3cc(F)ccn3)cc2)c(C(N)=O)n1N. The van der Waals surface area contributed by atoms with Crippen molar-refractivity contribution in [2.45, 2.75) is 51.7 Å². The molecule has 3 aromatic rings. The molecule has 0 bridgehead atoms. The third-order valence-electron chi connectivity index (χ3n) is 5.98. The van der Waals surface area contributed by atoms with Crippen LogP contribution in [0.3, 0.4) is 0 Å². The van der Waals surface area contributed by atoms with Gasteiger partial charge < -0.3 is 21.6 Å². The van der Waals surface area contributed by atoms with E-state index in [0.29, 0.717) is 24.4 Å². The number of nitrogens with one attached hydrogen (secondary N) is 1. The van der Waals surface area contributed by atoms with Crippen LogP contribution in [0, 0.1) is 5.82 Å². The Balaban J connectivity index is 1.64. The molecule has 0 spiro atoms. The number of pyridine rings is 1. The third kappa shape index (κ3) is 5.74. The fourth-order valence-electron chi connectivity index (χ4n) is 4.30. The van der Waals surface area contributed by atoms with Crippen LogP contribution in [0.2, 0.25) is 0 Å². The summed E-state index contributed by atoms with van der Waals surface area (Å²) in [6.45, 7) is 5.82. The molecule has 2 aromatic heterocycles. The normalized spacial score (nSPS) is 15.7. The summed E-state index contributed by atoms with van der Waals surface area (Å²) < 4.78 is 20.1. The number of hydrogen-bond acceptors (Lipinski definition) is 7. The number of benzene rings is 1. The Morgan fingerprint density at radius 1 is 1.13 bits per heavy atom. The molecular weight excluding hydrogens is 493 g/mol. The maximum atomic E-state index is 13.4. The monoisotopic (exact) mass is 523 g/mol. The van der Waals surface area contributed by atoms with Crippen LogP contribution in [0.1, 0.15) is 72.7 Å². The van der Waals surface area contributed by atoms with Crippen LogP contribution in [0.15, 0.2) is 42.6 Å². The first-order valence-corrected chi connectivity index (χ1v) is 12.1. The number of likely N-dealkylation sites (tertiary alicyclic amines) is 1. The van der Waals surface area contributed by atoms with Crippen molar-refractivity contribution in [2.75, 3.05) is 17.7 Å². The summed E-state index contributed by atoms with van der Waals surface area (Å²) in [6.07, 6.45) is 2.97. The number of amides is 3. The lowest BCUT2D eigenvalue weighted by Gasteiger charge is -2.36. The number of nitrogen functional groups attached to an aromatic ring is 1. The standard InChI is InChI=1S/C26H30FN7O4/c1-26(2,3)38-25(37)33-13-5-4-6-18(33)23-32-20(21(22(28)35)34(23)29)15-7-9-16(10-8-15)24(36)31-19-14-17(27)11-12-30-19/h7-12,14,18H,4-6,13,29H2,1-3H3,(H2,28,35)(H,30,31,36). The number of imidazole rings is 1. The number of halogens is 1. The van der Waals surface area contributed by atoms with E-state index in [-0.39, 0.29) is 22.8 Å². The van der Waals surface area contributed by atoms with Crippen molar-refractivity contribution in [2.24, 2.45) is 5.73 Å². The molecule has 1 aromatic carbocycles. The smallest absolute Gasteiger partial charge is 0.410 e. The van der Waals surface area contributed by atoms with Crippen molar-refractivity contribution >= 4 is 23.7 Å². The van der Waals surface area contributed by atoms with E-state index in [1.54, 1.807) is 37.8 Å². The minimum absolute atomic E-state index is 0.0316. The number of aromatic nitrogens is 3. The van der Waals surface area contributed by atoms with Gasteiger partial charge in [-0.25, -0.2) is 23.8 Å². The topological polar surface area (TPSA) is 158 Å². The van der Waals surface area contributed by atoms with Gasteiger partial charge in [0.15, 0.2) is 11.5 Å². The quantitative estimate of drug-likeness (QED) is 0.431. The summed E-state index contributed by atoms with van der Waals surface area (Å²) in [5.74, 6) is 4.87. The molecule has 1 aliphatic heterocycles. The predicted octanol–water partition coefficient (Wildman–Crippen LogP) is 3.61. The summed E-state index contributed by atoms with van der Waals surface area (Å²) >= 11 is 0. The maximum Gasteiger partial charge on any atom is 0.410 e. The van der Waals surface area contributed by atoms with Crippen molar-refractivity contribution < 1.29 is 23.5 Å². The summed E-state index contributed by atoms with van der Waals surface area (Å²) in [5.41, 5.74) is 5.94. The van der Waals surface area contributed by atoms with E-state index in [9.17, 15) is 18.8 Å². The highest BCUT2D eigenvalue weighted by Crippen LogP contribution is 2.34. The first-order valence-electron chi connectivity index (χ1n) is 12.1. The number of nitrogens with two attached hydrogens (primary N) is 2. The van der Waals surface area contributed by atoms with Crippen molar-refractivity contribution in [3.8, 4) is 11.3 Å². The van der Waals surface area contributed by atoms with Crippen molar-refractivity contribution in [1.82, 2.24) is 19.5 Å². The Labute approximate surface area is 219 Å². The van der Waals surface area contributed by atoms with Crippen molar-refractivity contribution in [3.63, 3.8) is 0 Å². The van der Waals surface area contributed by atoms with Gasteiger partial charge in [0.2, 0.25) is 0 Å². The molecule has 1 aliphatic rings. The molecule has 5 N–H and O–H groups in total. The second-order valence-corrected chi connectivity index (χ2v) is 9.98. The highest BCUT2D eigenvalue weighted by Gasteiger charge is 2.36. The summed E-state index contributed by atoms with van der Waals surface area (Å²) in [6, 6.07) is 8.00. The molecule has 1 fully saturated rings. The zero-order valence-electron chi connectivity index (χ0n) is 21.4. The lowest BCUT2D eigenvalue weighted by molar-refractivity contribution is 0.00821. The Kier molecular flexibility index (Phi) is 7.33. The minimum atomic E-state index is -0.792. The summed E-state index contributed by atoms with van der Waals surface area (Å²) in [5, 5.41) is 2.52. The van der Waals surface area contributed by atoms with Crippen LogP contribution in [0.25, 0.3) is 11.3 Å². The van der Waals surface area contributed by atoms with Crippen LogP contribution in [-0.4, -0.2) is 49.6 Å². The molecule has 1 unspecified atom stereocenters. The lowest BCUT2D eigenvalue weighted by Crippen LogP contribution is -2.43. The van der Waals surface area contributed by atoms with E-state index in [4.69, 9.17) is 16.3 Å². The van der Waals surface area contributed by atoms with Gasteiger partial charge in [-0.1, -0.05) is 12.1 Å². The van der Waals surface area contributed by atoms with Crippen LogP contribution in [0.4, 0.5) is 15.0 Å². The van der Waals surface area contributed by atoms with Crippen LogP contribution < -0.4 is 16.9 Å². The molecule has 200 valence electrons. The second-order valence-electron chi connectivity index (χ2n) is 9.98. The van der Waals surface area contributed by atoms with E-state index in [1.807, 2.05) is 0 Å². The second kappa shape index (κ2) is 10.5. The average molecular weight is 524 g/mol. The zero-order chi connectivity index (χ0) is 27.6. The minimum Gasteiger partial charge on any atom is -0.444 e. The van der Waals surface area contributed by atoms with E-state index in [1.165, 1.54) is 24.4 Å². The largest absolute Gasteiger partial charge is 0.444 e. The Hall–Kier alpha value is -4.48. The average Bonchev–Trinajstić information content (AvgIpc) is 3.20. The number of piperidine rings is 1. The van der Waals surface area contributed by atoms with Crippen molar-refractivity contribution in [3.05, 3.63) is 65.5 Å². The number of ether oxygens (including phenoxy) is 1. The van der Waals surface area contributed by atoms with Gasteiger partial charge in [-0.3, -0.25) is 14.5 Å². The van der Waals surface area contributed by atoms with E-state index in [2.05, 4.69) is 15.3 Å². The van der Waals surface area contributed by atoms with Crippen LogP contribution in [-0.2, 0) is 4.74 Å². The molecule has 12 heteroatoms. The van der Waals surface area contributed by atoms with Crippen LogP contribution in [0.5, 0.6) is 0 Å². The van der Waals surface area contributed by atoms with Gasteiger partial charge in [0.05, 0.1) is 6.04 Å². The van der Waals surface area contributed by atoms with Gasteiger partial charge in [0, 0.05) is 29.9 Å². The summed E-state index contributed by atoms with van der Waals surface area (Å²) in [4.78, 5) is 48.0. The van der Waals surface area contributed by atoms with E-state index < -0.39 is 35.4 Å². The Bertz CT molecular complexity index is 1360. The first kappa shape index (κ1) is 26.6. The van der Waals surface area contributed by atoms with Gasteiger partial charge in [0.25, 0.3) is 11.8 Å². The molecule has 0 aliphatic carbocycles. The molecule has 3 amide bonds. The van der Waals surface area contributed by atoms with Crippen molar-refractivity contribution in [1.29, 1.82) is 0 Å². The number of hydrogen-bond donors (Lipinski definition) is 3. The predicted molar refractivity (Wildman–Crippen MR) is 138 cm³/mol. The van der Waals surface area contributed by atoms with E-state index >= 15 is 0 Å². The number of rotatable bonds is 5. The lowest BCUT2D eigenvalue weighted by atomic mass is 10.0. The van der Waals surface area contributed by atoms with Gasteiger partial charge in [-0.15, -0.1) is 0 Å². The number of carbonyl (C=O) groups is 3. The molecule has 38 heavy (non-hydrogen) atoms. The van der Waals surface area contributed by atoms with Gasteiger partial charge >= 0.3 is 6.09 Å². The fourth-order valence-corrected chi connectivity index (χ4v) is 4.30. The summed E-state index contributed by atoms with van der Waals surface area (Å²) in [7, 11) is 0. The molecule has 3 heterocycles. The number of anilines is 1. The van der Waals surface area contributed by atoms with Gasteiger partial charge in [-0.05, 0) is 58.2 Å². The third-order valence-corrected chi connectivity index (χ3v) is 5.98.